The van der Waals surface area contributed by atoms with Crippen LogP contribution in [-0.4, -0.2) is 12.5 Å². The van der Waals surface area contributed by atoms with E-state index >= 15 is 0 Å². The SMILES string of the molecule is O=C(COc1c(-c2ccccc2)oc2ccccc2c1=O)NNc1ccc(C(F)(F)F)cc1. The number of fused-ring (bicyclic) bond motifs is 1. The van der Waals surface area contributed by atoms with Gasteiger partial charge in [0.05, 0.1) is 16.6 Å². The predicted octanol–water partition coefficient (Wildman–Crippen LogP) is 5.00. The first kappa shape index (κ1) is 21.9. The highest BCUT2D eigenvalue weighted by molar-refractivity contribution is 5.83. The molecule has 0 atom stereocenters. The van der Waals surface area contributed by atoms with Crippen molar-refractivity contribution in [3.8, 4) is 17.1 Å². The number of anilines is 1. The average molecular weight is 454 g/mol. The van der Waals surface area contributed by atoms with E-state index in [9.17, 15) is 22.8 Å². The maximum Gasteiger partial charge on any atom is 0.416 e. The molecule has 168 valence electrons. The van der Waals surface area contributed by atoms with Crippen LogP contribution in [0.15, 0.2) is 88.1 Å². The fraction of sp³-hybridized carbons (Fsp3) is 0.0833. The minimum Gasteiger partial charge on any atom is -0.476 e. The maximum absolute atomic E-state index is 13.0. The van der Waals surface area contributed by atoms with Crippen molar-refractivity contribution < 1.29 is 27.1 Å². The second kappa shape index (κ2) is 9.07. The van der Waals surface area contributed by atoms with Gasteiger partial charge in [-0.3, -0.25) is 20.4 Å². The molecule has 0 saturated heterocycles. The quantitative estimate of drug-likeness (QED) is 0.401. The lowest BCUT2D eigenvalue weighted by Gasteiger charge is -2.13. The summed E-state index contributed by atoms with van der Waals surface area (Å²) in [7, 11) is 0. The lowest BCUT2D eigenvalue weighted by atomic mass is 10.1. The number of amides is 1. The molecule has 6 nitrogen and oxygen atoms in total. The summed E-state index contributed by atoms with van der Waals surface area (Å²) in [5.74, 6) is -0.589. The van der Waals surface area contributed by atoms with Gasteiger partial charge in [0.15, 0.2) is 12.4 Å². The first-order valence-electron chi connectivity index (χ1n) is 9.79. The molecular weight excluding hydrogens is 437 g/mol. The number of hydrogen-bond acceptors (Lipinski definition) is 5. The van der Waals surface area contributed by atoms with Gasteiger partial charge in [-0.25, -0.2) is 0 Å². The van der Waals surface area contributed by atoms with Crippen LogP contribution >= 0.6 is 0 Å². The van der Waals surface area contributed by atoms with Crippen LogP contribution in [0.3, 0.4) is 0 Å². The standard InChI is InChI=1S/C24H17F3N2O4/c25-24(26,27)16-10-12-17(13-11-16)28-29-20(30)14-32-23-21(31)18-8-4-5-9-19(18)33-22(23)15-6-2-1-3-7-15/h1-13,28H,14H2,(H,29,30). The molecule has 0 aliphatic heterocycles. The van der Waals surface area contributed by atoms with E-state index in [1.807, 2.05) is 6.07 Å². The van der Waals surface area contributed by atoms with Gasteiger partial charge in [-0.05, 0) is 36.4 Å². The van der Waals surface area contributed by atoms with Crippen LogP contribution in [0.25, 0.3) is 22.3 Å². The molecule has 33 heavy (non-hydrogen) atoms. The first-order chi connectivity index (χ1) is 15.8. The molecular formula is C24H17F3N2O4. The van der Waals surface area contributed by atoms with Gasteiger partial charge in [0, 0.05) is 5.56 Å². The lowest BCUT2D eigenvalue weighted by molar-refractivity contribution is -0.137. The molecule has 4 rings (SSSR count). The van der Waals surface area contributed by atoms with Crippen LogP contribution in [0.1, 0.15) is 5.56 Å². The van der Waals surface area contributed by atoms with E-state index in [-0.39, 0.29) is 17.2 Å². The van der Waals surface area contributed by atoms with E-state index in [2.05, 4.69) is 10.9 Å². The van der Waals surface area contributed by atoms with E-state index in [0.29, 0.717) is 16.5 Å². The third-order valence-electron chi connectivity index (χ3n) is 4.70. The van der Waals surface area contributed by atoms with Gasteiger partial charge in [-0.15, -0.1) is 0 Å². The molecule has 4 aromatic rings. The normalized spacial score (nSPS) is 11.2. The summed E-state index contributed by atoms with van der Waals surface area (Å²) in [4.78, 5) is 25.2. The number of halogens is 3. The molecule has 1 amide bonds. The van der Waals surface area contributed by atoms with Crippen molar-refractivity contribution in [3.63, 3.8) is 0 Å². The Morgan fingerprint density at radius 3 is 2.27 bits per heavy atom. The van der Waals surface area contributed by atoms with Crippen molar-refractivity contribution in [2.75, 3.05) is 12.0 Å². The molecule has 0 unspecified atom stereocenters. The van der Waals surface area contributed by atoms with E-state index in [1.54, 1.807) is 48.5 Å². The highest BCUT2D eigenvalue weighted by Gasteiger charge is 2.30. The van der Waals surface area contributed by atoms with Gasteiger partial charge in [0.25, 0.3) is 5.91 Å². The van der Waals surface area contributed by atoms with Gasteiger partial charge in [0.2, 0.25) is 11.2 Å². The van der Waals surface area contributed by atoms with Gasteiger partial charge in [-0.1, -0.05) is 42.5 Å². The maximum atomic E-state index is 13.0. The molecule has 0 aliphatic rings. The fourth-order valence-electron chi connectivity index (χ4n) is 3.09. The zero-order valence-electron chi connectivity index (χ0n) is 17.0. The van der Waals surface area contributed by atoms with Crippen molar-refractivity contribution in [1.29, 1.82) is 0 Å². The van der Waals surface area contributed by atoms with Crippen molar-refractivity contribution in [1.82, 2.24) is 5.43 Å². The Hall–Kier alpha value is -4.27. The van der Waals surface area contributed by atoms with Gasteiger partial charge in [0.1, 0.15) is 5.58 Å². The summed E-state index contributed by atoms with van der Waals surface area (Å²) in [6.45, 7) is -0.531. The van der Waals surface area contributed by atoms with Gasteiger partial charge in [-0.2, -0.15) is 13.2 Å². The summed E-state index contributed by atoms with van der Waals surface area (Å²) in [5, 5.41) is 0.301. The third kappa shape index (κ3) is 4.98. The molecule has 9 heteroatoms. The number of ether oxygens (including phenoxy) is 1. The number of carbonyl (C=O) groups excluding carboxylic acids is 1. The fourth-order valence-corrected chi connectivity index (χ4v) is 3.09. The molecule has 1 aromatic heterocycles. The van der Waals surface area contributed by atoms with Gasteiger partial charge >= 0.3 is 6.18 Å². The average Bonchev–Trinajstić information content (AvgIpc) is 2.82. The molecule has 3 aromatic carbocycles. The Morgan fingerprint density at radius 1 is 0.909 bits per heavy atom. The van der Waals surface area contributed by atoms with Crippen molar-refractivity contribution in [2.24, 2.45) is 0 Å². The second-order valence-electron chi connectivity index (χ2n) is 6.99. The molecule has 2 N–H and O–H groups in total. The Kier molecular flexibility index (Phi) is 6.03. The van der Waals surface area contributed by atoms with Crippen LogP contribution in [0.5, 0.6) is 5.75 Å². The van der Waals surface area contributed by atoms with E-state index in [4.69, 9.17) is 9.15 Å². The number of para-hydroxylation sites is 1. The first-order valence-corrected chi connectivity index (χ1v) is 9.79. The van der Waals surface area contributed by atoms with Crippen molar-refractivity contribution in [2.45, 2.75) is 6.18 Å². The largest absolute Gasteiger partial charge is 0.476 e. The zero-order valence-corrected chi connectivity index (χ0v) is 17.0. The van der Waals surface area contributed by atoms with E-state index in [1.165, 1.54) is 12.1 Å². The highest BCUT2D eigenvalue weighted by atomic mass is 19.4. The summed E-state index contributed by atoms with van der Waals surface area (Å²) in [5.41, 5.74) is 4.79. The Morgan fingerprint density at radius 2 is 1.58 bits per heavy atom. The molecule has 1 heterocycles. The van der Waals surface area contributed by atoms with Crippen LogP contribution in [0, 0.1) is 0 Å². The Balaban J connectivity index is 1.50. The van der Waals surface area contributed by atoms with Crippen LogP contribution in [0.4, 0.5) is 18.9 Å². The van der Waals surface area contributed by atoms with Gasteiger partial charge < -0.3 is 9.15 Å². The number of nitrogens with one attached hydrogen (secondary N) is 2. The topological polar surface area (TPSA) is 80.6 Å². The molecule has 0 spiro atoms. The number of benzene rings is 3. The number of rotatable bonds is 6. The van der Waals surface area contributed by atoms with E-state index in [0.717, 1.165) is 12.1 Å². The molecule has 0 radical (unpaired) electrons. The number of hydrogen-bond donors (Lipinski definition) is 2. The molecule has 0 saturated carbocycles. The molecule has 0 fully saturated rings. The monoisotopic (exact) mass is 454 g/mol. The third-order valence-corrected chi connectivity index (χ3v) is 4.70. The minimum absolute atomic E-state index is 0.121. The summed E-state index contributed by atoms with van der Waals surface area (Å²) in [6, 6.07) is 19.6. The Bertz CT molecular complexity index is 1330. The smallest absolute Gasteiger partial charge is 0.416 e. The minimum atomic E-state index is -4.45. The second-order valence-corrected chi connectivity index (χ2v) is 6.99. The van der Waals surface area contributed by atoms with Crippen LogP contribution < -0.4 is 21.0 Å². The summed E-state index contributed by atoms with van der Waals surface area (Å²) < 4.78 is 49.4. The summed E-state index contributed by atoms with van der Waals surface area (Å²) >= 11 is 0. The van der Waals surface area contributed by atoms with Crippen LogP contribution in [-0.2, 0) is 11.0 Å². The van der Waals surface area contributed by atoms with Crippen molar-refractivity contribution in [3.05, 3.63) is 94.6 Å². The number of alkyl halides is 3. The summed E-state index contributed by atoms with van der Waals surface area (Å²) in [6.07, 6.45) is -4.45. The molecule has 0 aliphatic carbocycles. The lowest BCUT2D eigenvalue weighted by Crippen LogP contribution is -2.34. The molecule has 0 bridgehead atoms. The van der Waals surface area contributed by atoms with Crippen molar-refractivity contribution >= 4 is 22.6 Å². The van der Waals surface area contributed by atoms with E-state index < -0.39 is 29.7 Å². The zero-order chi connectivity index (χ0) is 23.4. The number of carbonyl (C=O) groups is 1. The highest BCUT2D eigenvalue weighted by Crippen LogP contribution is 2.31. The predicted molar refractivity (Wildman–Crippen MR) is 117 cm³/mol. The number of hydrazine groups is 1. The van der Waals surface area contributed by atoms with Crippen LogP contribution in [0.2, 0.25) is 0 Å². The Labute approximate surface area is 185 Å².